The fraction of sp³-hybridized carbons (Fsp3) is 0.429. The van der Waals surface area contributed by atoms with Crippen LogP contribution in [0.3, 0.4) is 0 Å². The summed E-state index contributed by atoms with van der Waals surface area (Å²) in [6, 6.07) is 5.51. The van der Waals surface area contributed by atoms with Gasteiger partial charge in [0.25, 0.3) is 5.91 Å². The standard InChI is InChI=1S/C21H21F3N6O2/c1-29-17(11-19(28-29)32-13-4-5-13)20(31)26-14-3-2-8-30-16(14)10-15(27-30)12-6-7-25-18(9-12)21(22,23)24/h6-7,9-11,13-14H,2-5,8H2,1H3,(H,26,31)/t14-/m0/s1. The first-order valence-corrected chi connectivity index (χ1v) is 10.4. The van der Waals surface area contributed by atoms with Crippen molar-refractivity contribution in [1.82, 2.24) is 29.9 Å². The van der Waals surface area contributed by atoms with Gasteiger partial charge in [0.2, 0.25) is 5.88 Å². The smallest absolute Gasteiger partial charge is 0.433 e. The first kappa shape index (κ1) is 20.5. The maximum absolute atomic E-state index is 13.0. The number of ether oxygens (including phenoxy) is 1. The first-order valence-electron chi connectivity index (χ1n) is 10.4. The fourth-order valence-corrected chi connectivity index (χ4v) is 3.82. The lowest BCUT2D eigenvalue weighted by Crippen LogP contribution is -2.33. The van der Waals surface area contributed by atoms with Crippen LogP contribution in [-0.2, 0) is 19.8 Å². The van der Waals surface area contributed by atoms with Gasteiger partial charge < -0.3 is 10.1 Å². The molecule has 1 fully saturated rings. The van der Waals surface area contributed by atoms with Gasteiger partial charge in [0.1, 0.15) is 17.5 Å². The average molecular weight is 446 g/mol. The minimum Gasteiger partial charge on any atom is -0.473 e. The topological polar surface area (TPSA) is 86.9 Å². The predicted octanol–water partition coefficient (Wildman–Crippen LogP) is 3.50. The molecule has 3 aromatic rings. The number of nitrogens with one attached hydrogen (secondary N) is 1. The van der Waals surface area contributed by atoms with Crippen LogP contribution >= 0.6 is 0 Å². The third-order valence-corrected chi connectivity index (χ3v) is 5.58. The van der Waals surface area contributed by atoms with E-state index in [1.807, 2.05) is 0 Å². The van der Waals surface area contributed by atoms with E-state index in [9.17, 15) is 18.0 Å². The Hall–Kier alpha value is -3.37. The van der Waals surface area contributed by atoms with E-state index >= 15 is 0 Å². The van der Waals surface area contributed by atoms with E-state index < -0.39 is 11.9 Å². The normalized spacial score (nSPS) is 18.3. The average Bonchev–Trinajstić information content (AvgIpc) is 3.31. The minimum atomic E-state index is -4.53. The second-order valence-electron chi connectivity index (χ2n) is 8.08. The van der Waals surface area contributed by atoms with Crippen LogP contribution in [0, 0.1) is 0 Å². The first-order chi connectivity index (χ1) is 15.3. The molecule has 5 rings (SSSR count). The van der Waals surface area contributed by atoms with E-state index in [4.69, 9.17) is 4.74 Å². The van der Waals surface area contributed by atoms with Crippen LogP contribution in [0.15, 0.2) is 30.5 Å². The Balaban J connectivity index is 1.37. The lowest BCUT2D eigenvalue weighted by molar-refractivity contribution is -0.141. The molecule has 11 heteroatoms. The number of carbonyl (C=O) groups is 1. The van der Waals surface area contributed by atoms with Gasteiger partial charge in [0.05, 0.1) is 17.4 Å². The van der Waals surface area contributed by atoms with Crippen molar-refractivity contribution in [2.75, 3.05) is 0 Å². The molecule has 1 aliphatic heterocycles. The summed E-state index contributed by atoms with van der Waals surface area (Å²) >= 11 is 0. The largest absolute Gasteiger partial charge is 0.473 e. The van der Waals surface area contributed by atoms with Gasteiger partial charge in [-0.15, -0.1) is 5.10 Å². The zero-order valence-corrected chi connectivity index (χ0v) is 17.3. The Morgan fingerprint density at radius 1 is 1.19 bits per heavy atom. The van der Waals surface area contributed by atoms with E-state index in [0.29, 0.717) is 35.8 Å². The molecule has 2 aliphatic rings. The van der Waals surface area contributed by atoms with Crippen LogP contribution in [0.4, 0.5) is 13.2 Å². The zero-order chi connectivity index (χ0) is 22.5. The summed E-state index contributed by atoms with van der Waals surface area (Å²) in [5, 5.41) is 11.7. The van der Waals surface area contributed by atoms with Crippen molar-refractivity contribution in [3.63, 3.8) is 0 Å². The molecule has 1 saturated carbocycles. The predicted molar refractivity (Wildman–Crippen MR) is 107 cm³/mol. The molecule has 0 spiro atoms. The number of aryl methyl sites for hydroxylation is 2. The number of rotatable bonds is 5. The quantitative estimate of drug-likeness (QED) is 0.648. The number of carbonyl (C=O) groups excluding carboxylic acids is 1. The molecule has 4 heterocycles. The number of hydrogen-bond acceptors (Lipinski definition) is 5. The summed E-state index contributed by atoms with van der Waals surface area (Å²) in [5.74, 6) is 0.129. The number of hydrogen-bond donors (Lipinski definition) is 1. The number of pyridine rings is 1. The Morgan fingerprint density at radius 2 is 2.00 bits per heavy atom. The second-order valence-corrected chi connectivity index (χ2v) is 8.08. The van der Waals surface area contributed by atoms with Crippen molar-refractivity contribution in [3.8, 4) is 17.1 Å². The summed E-state index contributed by atoms with van der Waals surface area (Å²) in [6.07, 6.45) is 0.242. The van der Waals surface area contributed by atoms with E-state index in [1.165, 1.54) is 10.7 Å². The van der Waals surface area contributed by atoms with Gasteiger partial charge in [-0.2, -0.15) is 18.3 Å². The minimum absolute atomic E-state index is 0.179. The van der Waals surface area contributed by atoms with E-state index in [0.717, 1.165) is 37.2 Å². The van der Waals surface area contributed by atoms with Crippen LogP contribution in [0.25, 0.3) is 11.3 Å². The highest BCUT2D eigenvalue weighted by Gasteiger charge is 2.33. The van der Waals surface area contributed by atoms with Crippen LogP contribution in [0.1, 0.15) is 53.6 Å². The summed E-state index contributed by atoms with van der Waals surface area (Å²) in [7, 11) is 1.68. The molecule has 8 nitrogen and oxygen atoms in total. The SMILES string of the molecule is Cn1nc(OC2CC2)cc1C(=O)N[C@H]1CCCn2nc(-c3ccnc(C(F)(F)F)c3)cc21. The van der Waals surface area contributed by atoms with Gasteiger partial charge in [-0.3, -0.25) is 19.1 Å². The molecule has 1 atom stereocenters. The van der Waals surface area contributed by atoms with Gasteiger partial charge in [-0.1, -0.05) is 0 Å². The summed E-state index contributed by atoms with van der Waals surface area (Å²) in [4.78, 5) is 16.3. The highest BCUT2D eigenvalue weighted by molar-refractivity contribution is 5.93. The van der Waals surface area contributed by atoms with Gasteiger partial charge in [0.15, 0.2) is 0 Å². The Kier molecular flexibility index (Phi) is 4.90. The van der Waals surface area contributed by atoms with Crippen molar-refractivity contribution in [2.24, 2.45) is 7.05 Å². The molecular formula is C21H21F3N6O2. The lowest BCUT2D eigenvalue weighted by Gasteiger charge is -2.24. The Bertz CT molecular complexity index is 1160. The molecule has 1 amide bonds. The summed E-state index contributed by atoms with van der Waals surface area (Å²) in [5.41, 5.74) is 0.900. The zero-order valence-electron chi connectivity index (χ0n) is 17.3. The van der Waals surface area contributed by atoms with E-state index in [2.05, 4.69) is 20.5 Å². The maximum atomic E-state index is 13.0. The monoisotopic (exact) mass is 446 g/mol. The molecule has 1 aliphatic carbocycles. The molecule has 0 radical (unpaired) electrons. The summed E-state index contributed by atoms with van der Waals surface area (Å²) < 4.78 is 48.0. The van der Waals surface area contributed by atoms with Crippen molar-refractivity contribution >= 4 is 5.91 Å². The van der Waals surface area contributed by atoms with Gasteiger partial charge >= 0.3 is 6.18 Å². The van der Waals surface area contributed by atoms with Crippen LogP contribution < -0.4 is 10.1 Å². The molecular weight excluding hydrogens is 425 g/mol. The Morgan fingerprint density at radius 3 is 2.75 bits per heavy atom. The summed E-state index contributed by atoms with van der Waals surface area (Å²) in [6.45, 7) is 0.629. The second kappa shape index (κ2) is 7.64. The molecule has 0 saturated heterocycles. The lowest BCUT2D eigenvalue weighted by atomic mass is 10.0. The highest BCUT2D eigenvalue weighted by Crippen LogP contribution is 2.33. The third kappa shape index (κ3) is 4.06. The van der Waals surface area contributed by atoms with Crippen LogP contribution in [0.5, 0.6) is 5.88 Å². The van der Waals surface area contributed by atoms with Gasteiger partial charge in [-0.25, -0.2) is 0 Å². The van der Waals surface area contributed by atoms with Crippen LogP contribution in [-0.4, -0.2) is 36.6 Å². The third-order valence-electron chi connectivity index (χ3n) is 5.58. The van der Waals surface area contributed by atoms with Crippen molar-refractivity contribution < 1.29 is 22.7 Å². The molecule has 0 aromatic carbocycles. The van der Waals surface area contributed by atoms with Crippen molar-refractivity contribution in [3.05, 3.63) is 47.5 Å². The molecule has 0 bridgehead atoms. The van der Waals surface area contributed by atoms with Gasteiger partial charge in [0, 0.05) is 31.4 Å². The Labute approximate surface area is 181 Å². The number of halogens is 3. The molecule has 3 aromatic heterocycles. The van der Waals surface area contributed by atoms with Crippen LogP contribution in [0.2, 0.25) is 0 Å². The molecule has 168 valence electrons. The number of alkyl halides is 3. The number of fused-ring (bicyclic) bond motifs is 1. The van der Waals surface area contributed by atoms with E-state index in [-0.39, 0.29) is 18.1 Å². The molecule has 0 unspecified atom stereocenters. The molecule has 1 N–H and O–H groups in total. The highest BCUT2D eigenvalue weighted by atomic mass is 19.4. The fourth-order valence-electron chi connectivity index (χ4n) is 3.82. The van der Waals surface area contributed by atoms with Gasteiger partial charge in [-0.05, 0) is 43.9 Å². The number of aromatic nitrogens is 5. The number of nitrogens with zero attached hydrogens (tertiary/aromatic N) is 5. The van der Waals surface area contributed by atoms with Crippen molar-refractivity contribution in [1.29, 1.82) is 0 Å². The number of amides is 1. The molecule has 32 heavy (non-hydrogen) atoms. The van der Waals surface area contributed by atoms with Crippen molar-refractivity contribution in [2.45, 2.75) is 50.6 Å². The maximum Gasteiger partial charge on any atom is 0.433 e. The van der Waals surface area contributed by atoms with E-state index in [1.54, 1.807) is 23.9 Å².